The van der Waals surface area contributed by atoms with Gasteiger partial charge in [-0.15, -0.1) is 0 Å². The predicted molar refractivity (Wildman–Crippen MR) is 157 cm³/mol. The Bertz CT molecular complexity index is 1700. The number of anilines is 2. The van der Waals surface area contributed by atoms with Crippen molar-refractivity contribution in [2.75, 3.05) is 45.2 Å². The van der Waals surface area contributed by atoms with Crippen LogP contribution in [0, 0.1) is 24.5 Å². The molecule has 0 radical (unpaired) electrons. The molecule has 2 atom stereocenters. The largest absolute Gasteiger partial charge is 0.494 e. The van der Waals surface area contributed by atoms with Crippen LogP contribution < -0.4 is 15.4 Å². The summed E-state index contributed by atoms with van der Waals surface area (Å²) in [6.07, 6.45) is 5.47. The molecule has 0 aliphatic carbocycles. The second-order valence-corrected chi connectivity index (χ2v) is 11.1. The van der Waals surface area contributed by atoms with E-state index in [1.54, 1.807) is 27.6 Å². The van der Waals surface area contributed by atoms with Crippen molar-refractivity contribution in [1.29, 1.82) is 0 Å². The smallest absolute Gasteiger partial charge is 0.254 e. The van der Waals surface area contributed by atoms with E-state index in [4.69, 9.17) is 4.74 Å². The molecule has 2 aromatic carbocycles. The summed E-state index contributed by atoms with van der Waals surface area (Å²) < 4.78 is 35.7. The number of carbonyl (C=O) groups is 2. The normalized spacial score (nSPS) is 18.7. The number of hydrogen-bond donors (Lipinski definition) is 2. The molecular formula is C31H33F2N7O3. The third kappa shape index (κ3) is 5.38. The van der Waals surface area contributed by atoms with Crippen molar-refractivity contribution in [3.8, 4) is 17.0 Å². The first-order valence-corrected chi connectivity index (χ1v) is 14.3. The second-order valence-electron chi connectivity index (χ2n) is 11.1. The number of aromatic nitrogens is 3. The maximum Gasteiger partial charge on any atom is 0.254 e. The average Bonchev–Trinajstić information content (AvgIpc) is 3.65. The van der Waals surface area contributed by atoms with Gasteiger partial charge in [-0.1, -0.05) is 6.92 Å². The third-order valence-corrected chi connectivity index (χ3v) is 8.22. The number of aryl methyl sites for hydroxylation is 1. The van der Waals surface area contributed by atoms with Crippen molar-refractivity contribution < 1.29 is 23.1 Å². The zero-order valence-electron chi connectivity index (χ0n) is 24.2. The maximum atomic E-state index is 14.8. The second kappa shape index (κ2) is 11.6. The van der Waals surface area contributed by atoms with Crippen LogP contribution in [0.25, 0.3) is 16.9 Å². The minimum Gasteiger partial charge on any atom is -0.494 e. The van der Waals surface area contributed by atoms with Crippen LogP contribution in [0.5, 0.6) is 5.75 Å². The molecule has 6 rings (SSSR count). The first kappa shape index (κ1) is 28.5. The van der Waals surface area contributed by atoms with E-state index in [2.05, 4.69) is 27.5 Å². The van der Waals surface area contributed by atoms with E-state index in [9.17, 15) is 18.4 Å². The Balaban J connectivity index is 1.15. The number of imidazole rings is 1. The van der Waals surface area contributed by atoms with Crippen LogP contribution in [0.1, 0.15) is 29.3 Å². The van der Waals surface area contributed by atoms with Crippen molar-refractivity contribution >= 4 is 29.0 Å². The quantitative estimate of drug-likeness (QED) is 0.350. The number of ether oxygens (including phenoxy) is 1. The van der Waals surface area contributed by atoms with Gasteiger partial charge in [0.15, 0.2) is 23.0 Å². The number of carbonyl (C=O) groups excluding carboxylic acids is 2. The Hall–Kier alpha value is -4.58. The van der Waals surface area contributed by atoms with Gasteiger partial charge in [-0.25, -0.2) is 14.4 Å². The van der Waals surface area contributed by atoms with Gasteiger partial charge in [0.2, 0.25) is 11.7 Å². The lowest BCUT2D eigenvalue weighted by atomic mass is 10.1. The molecule has 224 valence electrons. The Morgan fingerprint density at radius 1 is 1.05 bits per heavy atom. The van der Waals surface area contributed by atoms with E-state index in [0.717, 1.165) is 18.5 Å². The van der Waals surface area contributed by atoms with Crippen LogP contribution in [0.2, 0.25) is 0 Å². The summed E-state index contributed by atoms with van der Waals surface area (Å²) in [5.41, 5.74) is 2.87. The number of piperazine rings is 1. The van der Waals surface area contributed by atoms with Crippen LogP contribution in [0.15, 0.2) is 48.9 Å². The first-order chi connectivity index (χ1) is 20.7. The first-order valence-electron chi connectivity index (χ1n) is 14.3. The van der Waals surface area contributed by atoms with Crippen LogP contribution in [0.4, 0.5) is 20.3 Å². The number of nitrogens with one attached hydrogen (secondary N) is 2. The SMILES string of the molecule is COc1ccc(-c2cnc3c(Nc4ccc(C(=O)N5CCN(C(=O)[C@@H]6C[C@H](C)CN6)CC5)c(C)c4)nccn23)c(F)c1F. The molecule has 2 fully saturated rings. The van der Waals surface area contributed by atoms with Gasteiger partial charge in [0, 0.05) is 55.4 Å². The minimum absolute atomic E-state index is 0.0386. The molecule has 0 bridgehead atoms. The highest BCUT2D eigenvalue weighted by molar-refractivity contribution is 5.96. The monoisotopic (exact) mass is 589 g/mol. The van der Waals surface area contributed by atoms with E-state index in [0.29, 0.717) is 60.5 Å². The Morgan fingerprint density at radius 2 is 1.81 bits per heavy atom. The summed E-state index contributed by atoms with van der Waals surface area (Å²) in [5.74, 6) is -1.33. The van der Waals surface area contributed by atoms with Gasteiger partial charge in [0.1, 0.15) is 0 Å². The summed E-state index contributed by atoms with van der Waals surface area (Å²) in [5, 5.41) is 6.53. The lowest BCUT2D eigenvalue weighted by Crippen LogP contribution is -2.54. The van der Waals surface area contributed by atoms with Gasteiger partial charge in [-0.05, 0) is 61.7 Å². The fourth-order valence-electron chi connectivity index (χ4n) is 5.83. The fraction of sp³-hybridized carbons (Fsp3) is 0.355. The summed E-state index contributed by atoms with van der Waals surface area (Å²) in [6.45, 7) is 6.87. The van der Waals surface area contributed by atoms with Crippen LogP contribution >= 0.6 is 0 Å². The van der Waals surface area contributed by atoms with Gasteiger partial charge < -0.3 is 25.2 Å². The van der Waals surface area contributed by atoms with E-state index in [1.807, 2.05) is 17.9 Å². The molecule has 0 spiro atoms. The van der Waals surface area contributed by atoms with Gasteiger partial charge in [-0.3, -0.25) is 14.0 Å². The molecule has 43 heavy (non-hydrogen) atoms. The number of benzene rings is 2. The van der Waals surface area contributed by atoms with Gasteiger partial charge >= 0.3 is 0 Å². The number of methoxy groups -OCH3 is 1. The van der Waals surface area contributed by atoms with Gasteiger partial charge in [0.25, 0.3) is 5.91 Å². The molecule has 10 nitrogen and oxygen atoms in total. The van der Waals surface area contributed by atoms with Crippen molar-refractivity contribution in [1.82, 2.24) is 29.5 Å². The molecule has 2 amide bonds. The zero-order valence-corrected chi connectivity index (χ0v) is 24.2. The van der Waals surface area contributed by atoms with E-state index in [1.165, 1.54) is 31.6 Å². The lowest BCUT2D eigenvalue weighted by Gasteiger charge is -2.36. The maximum absolute atomic E-state index is 14.8. The molecule has 0 saturated carbocycles. The molecule has 4 heterocycles. The number of nitrogens with zero attached hydrogens (tertiary/aromatic N) is 5. The number of amides is 2. The standard InChI is InChI=1S/C31H33F2N7O3/c1-18-14-23(35-16-18)31(42)39-12-10-38(11-13-39)30(41)21-5-4-20(15-19(21)2)37-28-29-36-17-24(40(29)9-8-34-28)22-6-7-25(43-3)27(33)26(22)32/h4-9,15,17-18,23,35H,10-14,16H2,1-3H3,(H,34,37)/t18-,23-/m0/s1. The number of hydrogen-bond acceptors (Lipinski definition) is 7. The van der Waals surface area contributed by atoms with Crippen molar-refractivity contribution in [3.63, 3.8) is 0 Å². The van der Waals surface area contributed by atoms with E-state index in [-0.39, 0.29) is 29.2 Å². The molecule has 2 aliphatic heterocycles. The summed E-state index contributed by atoms with van der Waals surface area (Å²) in [6, 6.07) is 8.10. The molecule has 4 aromatic rings. The number of rotatable bonds is 6. The molecule has 0 unspecified atom stereocenters. The molecule has 2 aliphatic rings. The Morgan fingerprint density at radius 3 is 2.51 bits per heavy atom. The minimum atomic E-state index is -1.07. The highest BCUT2D eigenvalue weighted by Gasteiger charge is 2.33. The number of fused-ring (bicyclic) bond motifs is 1. The topological polar surface area (TPSA) is 104 Å². The van der Waals surface area contributed by atoms with Crippen molar-refractivity contribution in [2.24, 2.45) is 5.92 Å². The summed E-state index contributed by atoms with van der Waals surface area (Å²) in [4.78, 5) is 38.7. The van der Waals surface area contributed by atoms with Crippen LogP contribution in [-0.2, 0) is 4.79 Å². The molecule has 2 saturated heterocycles. The van der Waals surface area contributed by atoms with Crippen molar-refractivity contribution in [2.45, 2.75) is 26.3 Å². The van der Waals surface area contributed by atoms with Crippen LogP contribution in [-0.4, -0.2) is 81.9 Å². The van der Waals surface area contributed by atoms with Gasteiger partial charge in [-0.2, -0.15) is 4.39 Å². The fourth-order valence-corrected chi connectivity index (χ4v) is 5.83. The van der Waals surface area contributed by atoms with Gasteiger partial charge in [0.05, 0.1) is 25.0 Å². The van der Waals surface area contributed by atoms with E-state index >= 15 is 0 Å². The molecule has 12 heteroatoms. The van der Waals surface area contributed by atoms with Crippen molar-refractivity contribution in [3.05, 3.63) is 71.7 Å². The Kier molecular flexibility index (Phi) is 7.70. The Labute approximate surface area is 247 Å². The average molecular weight is 590 g/mol. The predicted octanol–water partition coefficient (Wildman–Crippen LogP) is 4.02. The lowest BCUT2D eigenvalue weighted by molar-refractivity contribution is -0.134. The summed E-state index contributed by atoms with van der Waals surface area (Å²) >= 11 is 0. The highest BCUT2D eigenvalue weighted by Crippen LogP contribution is 2.32. The zero-order chi connectivity index (χ0) is 30.2. The van der Waals surface area contributed by atoms with E-state index < -0.39 is 11.6 Å². The number of halogens is 2. The molecule has 2 N–H and O–H groups in total. The highest BCUT2D eigenvalue weighted by atomic mass is 19.2. The summed E-state index contributed by atoms with van der Waals surface area (Å²) in [7, 11) is 1.28. The molecular weight excluding hydrogens is 556 g/mol. The van der Waals surface area contributed by atoms with Crippen LogP contribution in [0.3, 0.4) is 0 Å². The molecule has 2 aromatic heterocycles. The third-order valence-electron chi connectivity index (χ3n) is 8.22.